The molecule has 0 bridgehead atoms. The lowest BCUT2D eigenvalue weighted by Crippen LogP contribution is -2.00. The summed E-state index contributed by atoms with van der Waals surface area (Å²) in [6, 6.07) is 7.94. The number of rotatable bonds is 4. The summed E-state index contributed by atoms with van der Waals surface area (Å²) in [5, 5.41) is 6.86. The molecule has 2 heterocycles. The Bertz CT molecular complexity index is 794. The van der Waals surface area contributed by atoms with Crippen molar-refractivity contribution >= 4 is 34.7 Å². The highest BCUT2D eigenvalue weighted by atomic mass is 35.5. The van der Waals surface area contributed by atoms with Crippen LogP contribution in [0.1, 0.15) is 17.0 Å². The van der Waals surface area contributed by atoms with Gasteiger partial charge in [-0.15, -0.1) is 5.10 Å². The highest BCUT2D eigenvalue weighted by Gasteiger charge is 2.14. The third kappa shape index (κ3) is 3.47. The normalized spacial score (nSPS) is 10.8. The van der Waals surface area contributed by atoms with Crippen LogP contribution in [0.25, 0.3) is 11.3 Å². The fraction of sp³-hybridized carbons (Fsp3) is 0.188. The van der Waals surface area contributed by atoms with Crippen molar-refractivity contribution in [3.05, 3.63) is 56.6 Å². The molecule has 0 aliphatic rings. The minimum Gasteiger partial charge on any atom is -0.486 e. The van der Waals surface area contributed by atoms with E-state index in [4.69, 9.17) is 27.9 Å². The lowest BCUT2D eigenvalue weighted by atomic mass is 10.1. The fourth-order valence-corrected chi connectivity index (χ4v) is 3.02. The van der Waals surface area contributed by atoms with E-state index in [0.717, 1.165) is 16.8 Å². The Morgan fingerprint density at radius 1 is 1.04 bits per heavy atom. The van der Waals surface area contributed by atoms with Crippen molar-refractivity contribution in [1.29, 1.82) is 0 Å². The molecule has 0 saturated heterocycles. The van der Waals surface area contributed by atoms with Gasteiger partial charge in [0.2, 0.25) is 0 Å². The van der Waals surface area contributed by atoms with Gasteiger partial charge in [-0.1, -0.05) is 52.0 Å². The Morgan fingerprint density at radius 3 is 2.26 bits per heavy atom. The Labute approximate surface area is 148 Å². The molecule has 0 amide bonds. The molecular weight excluding hydrogens is 353 g/mol. The van der Waals surface area contributed by atoms with E-state index >= 15 is 0 Å². The molecule has 0 saturated carbocycles. The van der Waals surface area contributed by atoms with Gasteiger partial charge in [-0.2, -0.15) is 0 Å². The molecule has 1 aromatic carbocycles. The predicted molar refractivity (Wildman–Crippen MR) is 93.4 cm³/mol. The summed E-state index contributed by atoms with van der Waals surface area (Å²) in [7, 11) is 0. The van der Waals surface area contributed by atoms with Crippen LogP contribution in [0.2, 0.25) is 10.0 Å². The number of aromatic nitrogens is 3. The van der Waals surface area contributed by atoms with E-state index in [1.165, 1.54) is 11.5 Å². The fourth-order valence-electron chi connectivity index (χ4n) is 2.12. The van der Waals surface area contributed by atoms with Crippen molar-refractivity contribution in [2.75, 3.05) is 0 Å². The zero-order chi connectivity index (χ0) is 16.4. The zero-order valence-electron chi connectivity index (χ0n) is 12.5. The maximum Gasteiger partial charge on any atom is 0.160 e. The topological polar surface area (TPSA) is 47.9 Å². The average Bonchev–Trinajstić information content (AvgIpc) is 3.08. The third-order valence-electron chi connectivity index (χ3n) is 3.36. The second-order valence-corrected chi connectivity index (χ2v) is 6.38. The number of hydrogen-bond donors (Lipinski definition) is 0. The SMILES string of the molecule is Cc1nc(C)c(Cl)c(OCc2ccc(-c3csnn3)cc2)c1Cl. The standard InChI is InChI=1S/C16H13Cl2N3OS/c1-9-14(17)16(15(18)10(2)19-9)22-7-11-3-5-12(6-4-11)13-8-23-21-20-13/h3-6,8H,7H2,1-2H3. The molecule has 2 aromatic heterocycles. The van der Waals surface area contributed by atoms with Crippen LogP contribution in [-0.2, 0) is 6.61 Å². The number of aryl methyl sites for hydroxylation is 2. The second kappa shape index (κ2) is 6.83. The van der Waals surface area contributed by atoms with E-state index in [1.807, 2.05) is 43.5 Å². The van der Waals surface area contributed by atoms with Crippen LogP contribution in [0, 0.1) is 13.8 Å². The van der Waals surface area contributed by atoms with Crippen LogP contribution < -0.4 is 4.74 Å². The van der Waals surface area contributed by atoms with Crippen LogP contribution in [0.5, 0.6) is 5.75 Å². The quantitative estimate of drug-likeness (QED) is 0.644. The first-order valence-corrected chi connectivity index (χ1v) is 8.47. The molecule has 0 radical (unpaired) electrons. The summed E-state index contributed by atoms with van der Waals surface area (Å²) in [4.78, 5) is 4.27. The first-order valence-electron chi connectivity index (χ1n) is 6.87. The highest BCUT2D eigenvalue weighted by Crippen LogP contribution is 2.36. The van der Waals surface area contributed by atoms with E-state index in [1.54, 1.807) is 0 Å². The van der Waals surface area contributed by atoms with Crippen molar-refractivity contribution in [2.24, 2.45) is 0 Å². The van der Waals surface area contributed by atoms with Gasteiger partial charge in [0.25, 0.3) is 0 Å². The summed E-state index contributed by atoms with van der Waals surface area (Å²) in [5.41, 5.74) is 4.31. The molecule has 0 spiro atoms. The minimum atomic E-state index is 0.373. The third-order valence-corrected chi connectivity index (χ3v) is 4.76. The first kappa shape index (κ1) is 16.2. The van der Waals surface area contributed by atoms with Gasteiger partial charge in [0.05, 0.1) is 11.4 Å². The van der Waals surface area contributed by atoms with Gasteiger partial charge in [0.1, 0.15) is 22.3 Å². The number of hydrogen-bond acceptors (Lipinski definition) is 5. The average molecular weight is 366 g/mol. The van der Waals surface area contributed by atoms with E-state index in [0.29, 0.717) is 33.8 Å². The number of ether oxygens (including phenoxy) is 1. The molecule has 0 unspecified atom stereocenters. The summed E-state index contributed by atoms with van der Waals surface area (Å²) in [6.07, 6.45) is 0. The first-order chi connectivity index (χ1) is 11.1. The monoisotopic (exact) mass is 365 g/mol. The Kier molecular flexibility index (Phi) is 4.80. The Hall–Kier alpha value is -1.69. The van der Waals surface area contributed by atoms with Gasteiger partial charge in [-0.25, -0.2) is 0 Å². The van der Waals surface area contributed by atoms with E-state index in [-0.39, 0.29) is 0 Å². The number of pyridine rings is 1. The minimum absolute atomic E-state index is 0.373. The van der Waals surface area contributed by atoms with Crippen molar-refractivity contribution in [2.45, 2.75) is 20.5 Å². The highest BCUT2D eigenvalue weighted by molar-refractivity contribution is 7.03. The van der Waals surface area contributed by atoms with Gasteiger partial charge in [0, 0.05) is 10.9 Å². The summed E-state index contributed by atoms with van der Waals surface area (Å²) in [5.74, 6) is 0.478. The maximum absolute atomic E-state index is 6.24. The molecule has 23 heavy (non-hydrogen) atoms. The Morgan fingerprint density at radius 2 is 1.70 bits per heavy atom. The summed E-state index contributed by atoms with van der Waals surface area (Å²) in [6.45, 7) is 4.03. The van der Waals surface area contributed by atoms with Crippen molar-refractivity contribution in [3.8, 4) is 17.0 Å². The lowest BCUT2D eigenvalue weighted by Gasteiger charge is -2.13. The van der Waals surface area contributed by atoms with Gasteiger partial charge in [-0.3, -0.25) is 4.98 Å². The molecular formula is C16H13Cl2N3OS. The summed E-state index contributed by atoms with van der Waals surface area (Å²) >= 11 is 13.8. The summed E-state index contributed by atoms with van der Waals surface area (Å²) < 4.78 is 9.68. The van der Waals surface area contributed by atoms with Crippen LogP contribution >= 0.6 is 34.7 Å². The lowest BCUT2D eigenvalue weighted by molar-refractivity contribution is 0.306. The number of halogens is 2. The van der Waals surface area contributed by atoms with E-state index in [2.05, 4.69) is 14.6 Å². The van der Waals surface area contributed by atoms with Gasteiger partial charge < -0.3 is 4.74 Å². The van der Waals surface area contributed by atoms with Crippen LogP contribution in [-0.4, -0.2) is 14.6 Å². The molecule has 3 rings (SSSR count). The van der Waals surface area contributed by atoms with Crippen molar-refractivity contribution in [1.82, 2.24) is 14.6 Å². The molecule has 0 N–H and O–H groups in total. The molecule has 118 valence electrons. The van der Waals surface area contributed by atoms with Crippen LogP contribution in [0.15, 0.2) is 29.6 Å². The maximum atomic E-state index is 6.24. The van der Waals surface area contributed by atoms with E-state index < -0.39 is 0 Å². The molecule has 7 heteroatoms. The zero-order valence-corrected chi connectivity index (χ0v) is 14.8. The predicted octanol–water partition coefficient (Wildman–Crippen LogP) is 5.10. The smallest absolute Gasteiger partial charge is 0.160 e. The number of nitrogens with zero attached hydrogens (tertiary/aromatic N) is 3. The van der Waals surface area contributed by atoms with E-state index in [9.17, 15) is 0 Å². The molecule has 0 aliphatic carbocycles. The molecule has 0 atom stereocenters. The molecule has 3 aromatic rings. The Balaban J connectivity index is 1.77. The molecule has 4 nitrogen and oxygen atoms in total. The molecule has 0 fully saturated rings. The molecule has 0 aliphatic heterocycles. The van der Waals surface area contributed by atoms with Gasteiger partial charge in [-0.05, 0) is 30.9 Å². The number of benzene rings is 1. The second-order valence-electron chi connectivity index (χ2n) is 5.02. The van der Waals surface area contributed by atoms with Crippen molar-refractivity contribution in [3.63, 3.8) is 0 Å². The largest absolute Gasteiger partial charge is 0.486 e. The van der Waals surface area contributed by atoms with Gasteiger partial charge in [0.15, 0.2) is 5.75 Å². The van der Waals surface area contributed by atoms with Gasteiger partial charge >= 0.3 is 0 Å². The van der Waals surface area contributed by atoms with Crippen LogP contribution in [0.4, 0.5) is 0 Å². The van der Waals surface area contributed by atoms with Crippen molar-refractivity contribution < 1.29 is 4.74 Å². The van der Waals surface area contributed by atoms with Crippen LogP contribution in [0.3, 0.4) is 0 Å².